The van der Waals surface area contributed by atoms with Crippen molar-refractivity contribution in [2.45, 2.75) is 19.3 Å². The first-order valence-corrected chi connectivity index (χ1v) is 8.34. The van der Waals surface area contributed by atoms with Crippen molar-refractivity contribution in [3.8, 4) is 11.5 Å². The molecule has 1 amide bonds. The maximum absolute atomic E-state index is 12.6. The molecule has 0 unspecified atom stereocenters. The van der Waals surface area contributed by atoms with Crippen LogP contribution in [0.3, 0.4) is 0 Å². The Labute approximate surface area is 147 Å². The lowest BCUT2D eigenvalue weighted by atomic mass is 10.1. The first kappa shape index (κ1) is 17.0. The summed E-state index contributed by atoms with van der Waals surface area (Å²) < 4.78 is 10.5. The molecule has 25 heavy (non-hydrogen) atoms. The quantitative estimate of drug-likeness (QED) is 0.900. The standard InChI is InChI=1S/C18H22N4O3/c1-24-13-7-6-8-14(25-2)17(13)18(23)19-15-9-10-16(21-20-15)22-11-4-3-5-12-22/h6-10H,3-5,11-12H2,1-2H3,(H,19,20,23). The molecule has 0 saturated carbocycles. The number of carbonyl (C=O) groups excluding carboxylic acids is 1. The minimum Gasteiger partial charge on any atom is -0.496 e. The maximum atomic E-state index is 12.6. The number of ether oxygens (including phenoxy) is 2. The van der Waals surface area contributed by atoms with Crippen molar-refractivity contribution in [2.24, 2.45) is 0 Å². The minimum absolute atomic E-state index is 0.328. The summed E-state index contributed by atoms with van der Waals surface area (Å²) in [4.78, 5) is 14.8. The van der Waals surface area contributed by atoms with Crippen molar-refractivity contribution < 1.29 is 14.3 Å². The molecule has 0 spiro atoms. The highest BCUT2D eigenvalue weighted by atomic mass is 16.5. The van der Waals surface area contributed by atoms with E-state index < -0.39 is 0 Å². The van der Waals surface area contributed by atoms with Gasteiger partial charge >= 0.3 is 0 Å². The zero-order valence-corrected chi connectivity index (χ0v) is 14.5. The Kier molecular flexibility index (Phi) is 5.33. The van der Waals surface area contributed by atoms with Gasteiger partial charge in [-0.1, -0.05) is 6.07 Å². The number of methoxy groups -OCH3 is 2. The molecule has 7 heteroatoms. The van der Waals surface area contributed by atoms with Gasteiger partial charge in [-0.2, -0.15) is 0 Å². The molecule has 0 atom stereocenters. The maximum Gasteiger partial charge on any atom is 0.264 e. The molecule has 1 N–H and O–H groups in total. The summed E-state index contributed by atoms with van der Waals surface area (Å²) in [5.41, 5.74) is 0.328. The smallest absolute Gasteiger partial charge is 0.264 e. The number of anilines is 2. The Morgan fingerprint density at radius 2 is 1.68 bits per heavy atom. The molecule has 132 valence electrons. The molecule has 1 fully saturated rings. The molecule has 1 aliphatic heterocycles. The molecule has 1 aromatic carbocycles. The van der Waals surface area contributed by atoms with Gasteiger partial charge in [0, 0.05) is 13.1 Å². The van der Waals surface area contributed by atoms with Crippen molar-refractivity contribution >= 4 is 17.5 Å². The zero-order chi connectivity index (χ0) is 17.6. The summed E-state index contributed by atoms with van der Waals surface area (Å²) in [7, 11) is 3.03. The molecule has 2 heterocycles. The van der Waals surface area contributed by atoms with Gasteiger partial charge in [0.1, 0.15) is 17.1 Å². The molecule has 1 aromatic heterocycles. The Bertz CT molecular complexity index is 705. The van der Waals surface area contributed by atoms with E-state index in [0.717, 1.165) is 18.9 Å². The fourth-order valence-electron chi connectivity index (χ4n) is 2.94. The number of rotatable bonds is 5. The first-order chi connectivity index (χ1) is 12.2. The lowest BCUT2D eigenvalue weighted by molar-refractivity contribution is 0.102. The minimum atomic E-state index is -0.352. The molecule has 1 saturated heterocycles. The van der Waals surface area contributed by atoms with E-state index >= 15 is 0 Å². The lowest BCUT2D eigenvalue weighted by Gasteiger charge is -2.27. The van der Waals surface area contributed by atoms with E-state index in [1.165, 1.54) is 33.5 Å². The van der Waals surface area contributed by atoms with Gasteiger partial charge < -0.3 is 19.7 Å². The third-order valence-electron chi connectivity index (χ3n) is 4.23. The van der Waals surface area contributed by atoms with Crippen molar-refractivity contribution in [3.05, 3.63) is 35.9 Å². The average Bonchev–Trinajstić information content (AvgIpc) is 2.68. The number of carbonyl (C=O) groups is 1. The van der Waals surface area contributed by atoms with Gasteiger partial charge in [-0.25, -0.2) is 0 Å². The second kappa shape index (κ2) is 7.83. The van der Waals surface area contributed by atoms with Crippen molar-refractivity contribution in [3.63, 3.8) is 0 Å². The van der Waals surface area contributed by atoms with Crippen LogP contribution in [0.1, 0.15) is 29.6 Å². The van der Waals surface area contributed by atoms with Crippen LogP contribution in [0, 0.1) is 0 Å². The first-order valence-electron chi connectivity index (χ1n) is 8.34. The number of benzene rings is 1. The average molecular weight is 342 g/mol. The number of hydrogen-bond acceptors (Lipinski definition) is 6. The Hall–Kier alpha value is -2.83. The van der Waals surface area contributed by atoms with Gasteiger partial charge in [0.25, 0.3) is 5.91 Å². The molecule has 0 aliphatic carbocycles. The van der Waals surface area contributed by atoms with Gasteiger partial charge in [-0.15, -0.1) is 10.2 Å². The molecule has 0 bridgehead atoms. The summed E-state index contributed by atoms with van der Waals surface area (Å²) in [6.07, 6.45) is 3.61. The monoisotopic (exact) mass is 342 g/mol. The predicted molar refractivity (Wildman–Crippen MR) is 95.6 cm³/mol. The summed E-state index contributed by atoms with van der Waals surface area (Å²) in [6, 6.07) is 8.83. The fourth-order valence-corrected chi connectivity index (χ4v) is 2.94. The highest BCUT2D eigenvalue weighted by Gasteiger charge is 2.19. The fraction of sp³-hybridized carbons (Fsp3) is 0.389. The van der Waals surface area contributed by atoms with E-state index in [4.69, 9.17) is 9.47 Å². The second-order valence-electron chi connectivity index (χ2n) is 5.82. The van der Waals surface area contributed by atoms with Crippen LogP contribution in [0.2, 0.25) is 0 Å². The van der Waals surface area contributed by atoms with Gasteiger partial charge in [0.05, 0.1) is 14.2 Å². The van der Waals surface area contributed by atoms with Crippen molar-refractivity contribution in [1.29, 1.82) is 0 Å². The molecule has 0 radical (unpaired) electrons. The van der Waals surface area contributed by atoms with E-state index in [9.17, 15) is 4.79 Å². The van der Waals surface area contributed by atoms with Gasteiger partial charge in [0.15, 0.2) is 11.6 Å². The van der Waals surface area contributed by atoms with E-state index in [2.05, 4.69) is 20.4 Å². The van der Waals surface area contributed by atoms with Crippen molar-refractivity contribution in [1.82, 2.24) is 10.2 Å². The number of hydrogen-bond donors (Lipinski definition) is 1. The molecular weight excluding hydrogens is 320 g/mol. The third kappa shape index (κ3) is 3.81. The molecule has 2 aromatic rings. The summed E-state index contributed by atoms with van der Waals surface area (Å²) in [5, 5.41) is 11.1. The highest BCUT2D eigenvalue weighted by molar-refractivity contribution is 6.07. The molecule has 7 nitrogen and oxygen atoms in total. The Balaban J connectivity index is 1.75. The van der Waals surface area contributed by atoms with Crippen LogP contribution in [0.25, 0.3) is 0 Å². The van der Waals surface area contributed by atoms with Gasteiger partial charge in [-0.3, -0.25) is 4.79 Å². The van der Waals surface area contributed by atoms with Crippen LogP contribution in [-0.2, 0) is 0 Å². The normalized spacial score (nSPS) is 14.1. The Morgan fingerprint density at radius 3 is 2.24 bits per heavy atom. The van der Waals surface area contributed by atoms with Gasteiger partial charge in [-0.05, 0) is 43.5 Å². The zero-order valence-electron chi connectivity index (χ0n) is 14.5. The lowest BCUT2D eigenvalue weighted by Crippen LogP contribution is -2.30. The van der Waals surface area contributed by atoms with Gasteiger partial charge in [0.2, 0.25) is 0 Å². The van der Waals surface area contributed by atoms with Crippen LogP contribution in [-0.4, -0.2) is 43.4 Å². The van der Waals surface area contributed by atoms with Crippen LogP contribution in [0.4, 0.5) is 11.6 Å². The van der Waals surface area contributed by atoms with E-state index in [1.807, 2.05) is 6.07 Å². The SMILES string of the molecule is COc1cccc(OC)c1C(=O)Nc1ccc(N2CCCCC2)nn1. The second-order valence-corrected chi connectivity index (χ2v) is 5.82. The van der Waals surface area contributed by atoms with Crippen LogP contribution < -0.4 is 19.7 Å². The highest BCUT2D eigenvalue weighted by Crippen LogP contribution is 2.29. The molecule has 1 aliphatic rings. The number of amides is 1. The number of nitrogens with zero attached hydrogens (tertiary/aromatic N) is 3. The molecular formula is C18H22N4O3. The van der Waals surface area contributed by atoms with E-state index in [-0.39, 0.29) is 5.91 Å². The summed E-state index contributed by atoms with van der Waals surface area (Å²) in [6.45, 7) is 2.00. The largest absolute Gasteiger partial charge is 0.496 e. The summed E-state index contributed by atoms with van der Waals surface area (Å²) >= 11 is 0. The number of piperidine rings is 1. The number of nitrogens with one attached hydrogen (secondary N) is 1. The van der Waals surface area contributed by atoms with E-state index in [0.29, 0.717) is 22.9 Å². The summed E-state index contributed by atoms with van der Waals surface area (Å²) in [5.74, 6) is 1.75. The Morgan fingerprint density at radius 1 is 1.00 bits per heavy atom. The van der Waals surface area contributed by atoms with Crippen LogP contribution in [0.5, 0.6) is 11.5 Å². The molecule has 3 rings (SSSR count). The van der Waals surface area contributed by atoms with Crippen molar-refractivity contribution in [2.75, 3.05) is 37.5 Å². The van der Waals surface area contributed by atoms with Crippen LogP contribution >= 0.6 is 0 Å². The topological polar surface area (TPSA) is 76.6 Å². The third-order valence-corrected chi connectivity index (χ3v) is 4.23. The van der Waals surface area contributed by atoms with E-state index in [1.54, 1.807) is 24.3 Å². The predicted octanol–water partition coefficient (Wildman–Crippen LogP) is 2.74. The number of aromatic nitrogens is 2. The van der Waals surface area contributed by atoms with Crippen LogP contribution in [0.15, 0.2) is 30.3 Å².